The molecule has 0 amide bonds. The highest BCUT2D eigenvalue weighted by atomic mass is 16.3. The number of aliphatic hydroxyl groups is 1. The van der Waals surface area contributed by atoms with Crippen LogP contribution in [-0.4, -0.2) is 29.8 Å². The second-order valence-corrected chi connectivity index (χ2v) is 4.84. The highest BCUT2D eigenvalue weighted by molar-refractivity contribution is 5.88. The largest absolute Gasteiger partial charge is 0.464 e. The van der Waals surface area contributed by atoms with Gasteiger partial charge in [0.1, 0.15) is 11.4 Å². The Bertz CT molecular complexity index is 517. The molecular weight excluding hydrogens is 216 g/mol. The maximum absolute atomic E-state index is 9.29. The van der Waals surface area contributed by atoms with Gasteiger partial charge in [-0.15, -0.1) is 0 Å². The van der Waals surface area contributed by atoms with Crippen LogP contribution in [-0.2, 0) is 0 Å². The van der Waals surface area contributed by atoms with Crippen LogP contribution in [0, 0.1) is 5.92 Å². The lowest BCUT2D eigenvalue weighted by Crippen LogP contribution is -2.37. The van der Waals surface area contributed by atoms with Crippen molar-refractivity contribution in [1.29, 1.82) is 0 Å². The Labute approximate surface area is 99.9 Å². The number of anilines is 1. The second kappa shape index (κ2) is 4.04. The summed E-state index contributed by atoms with van der Waals surface area (Å²) in [6.45, 7) is 0.939. The molecule has 4 nitrogen and oxygen atoms in total. The standard InChI is InChI=1S/C13H16N2O2/c1-15(8-9-6-10(16)7-9)13-11-3-5-17-12(11)2-4-14-13/h2-5,9-10,16H,6-8H2,1H3. The summed E-state index contributed by atoms with van der Waals surface area (Å²) in [4.78, 5) is 6.56. The number of aromatic nitrogens is 1. The van der Waals surface area contributed by atoms with E-state index in [1.54, 1.807) is 12.5 Å². The zero-order valence-electron chi connectivity index (χ0n) is 9.84. The molecule has 1 N–H and O–H groups in total. The number of aliphatic hydroxyl groups excluding tert-OH is 1. The van der Waals surface area contributed by atoms with Gasteiger partial charge in [0.25, 0.3) is 0 Å². The minimum atomic E-state index is -0.0916. The van der Waals surface area contributed by atoms with E-state index in [1.165, 1.54) is 0 Å². The predicted molar refractivity (Wildman–Crippen MR) is 66.0 cm³/mol. The molecule has 0 bridgehead atoms. The van der Waals surface area contributed by atoms with Crippen LogP contribution in [0.2, 0.25) is 0 Å². The van der Waals surface area contributed by atoms with Crippen LogP contribution >= 0.6 is 0 Å². The van der Waals surface area contributed by atoms with E-state index in [1.807, 2.05) is 19.2 Å². The number of pyridine rings is 1. The molecule has 2 heterocycles. The first-order chi connectivity index (χ1) is 8.24. The van der Waals surface area contributed by atoms with E-state index in [0.29, 0.717) is 5.92 Å². The Kier molecular flexibility index (Phi) is 2.52. The average molecular weight is 232 g/mol. The van der Waals surface area contributed by atoms with E-state index < -0.39 is 0 Å². The quantitative estimate of drug-likeness (QED) is 0.879. The van der Waals surface area contributed by atoms with Crippen molar-refractivity contribution in [2.45, 2.75) is 18.9 Å². The summed E-state index contributed by atoms with van der Waals surface area (Å²) in [7, 11) is 2.04. The van der Waals surface area contributed by atoms with Gasteiger partial charge in [0.15, 0.2) is 0 Å². The van der Waals surface area contributed by atoms with Crippen molar-refractivity contribution >= 4 is 16.8 Å². The third-order valence-electron chi connectivity index (χ3n) is 3.46. The Morgan fingerprint density at radius 2 is 2.29 bits per heavy atom. The van der Waals surface area contributed by atoms with E-state index in [2.05, 4.69) is 9.88 Å². The van der Waals surface area contributed by atoms with Crippen LogP contribution in [0.5, 0.6) is 0 Å². The van der Waals surface area contributed by atoms with E-state index in [-0.39, 0.29) is 6.10 Å². The van der Waals surface area contributed by atoms with Gasteiger partial charge in [-0.2, -0.15) is 0 Å². The molecule has 1 aliphatic carbocycles. The third kappa shape index (κ3) is 1.89. The van der Waals surface area contributed by atoms with Crippen LogP contribution in [0.4, 0.5) is 5.82 Å². The fraction of sp³-hybridized carbons (Fsp3) is 0.462. The first kappa shape index (κ1) is 10.6. The predicted octanol–water partition coefficient (Wildman–Crippen LogP) is 2.03. The van der Waals surface area contributed by atoms with Gasteiger partial charge in [0.05, 0.1) is 17.8 Å². The monoisotopic (exact) mass is 232 g/mol. The maximum atomic E-state index is 9.29. The molecule has 0 aromatic carbocycles. The van der Waals surface area contributed by atoms with Crippen molar-refractivity contribution in [3.63, 3.8) is 0 Å². The molecular formula is C13H16N2O2. The zero-order valence-corrected chi connectivity index (χ0v) is 9.84. The van der Waals surface area contributed by atoms with Crippen LogP contribution in [0.25, 0.3) is 11.0 Å². The average Bonchev–Trinajstić information content (AvgIpc) is 2.74. The number of rotatable bonds is 3. The summed E-state index contributed by atoms with van der Waals surface area (Å²) in [5.41, 5.74) is 0.871. The van der Waals surface area contributed by atoms with Crippen molar-refractivity contribution < 1.29 is 9.52 Å². The minimum Gasteiger partial charge on any atom is -0.464 e. The molecule has 1 saturated carbocycles. The first-order valence-corrected chi connectivity index (χ1v) is 5.95. The Morgan fingerprint density at radius 3 is 3.06 bits per heavy atom. The van der Waals surface area contributed by atoms with Gasteiger partial charge in [0.2, 0.25) is 0 Å². The molecule has 90 valence electrons. The van der Waals surface area contributed by atoms with Crippen molar-refractivity contribution in [2.75, 3.05) is 18.5 Å². The molecule has 2 aromatic heterocycles. The van der Waals surface area contributed by atoms with Crippen molar-refractivity contribution in [1.82, 2.24) is 4.98 Å². The molecule has 0 aliphatic heterocycles. The summed E-state index contributed by atoms with van der Waals surface area (Å²) in [6, 6.07) is 3.82. The zero-order chi connectivity index (χ0) is 11.8. The summed E-state index contributed by atoms with van der Waals surface area (Å²) in [5, 5.41) is 10.3. The first-order valence-electron chi connectivity index (χ1n) is 5.95. The summed E-state index contributed by atoms with van der Waals surface area (Å²) >= 11 is 0. The van der Waals surface area contributed by atoms with Crippen LogP contribution in [0.15, 0.2) is 29.0 Å². The lowest BCUT2D eigenvalue weighted by atomic mass is 9.82. The van der Waals surface area contributed by atoms with E-state index in [4.69, 9.17) is 4.42 Å². The number of fused-ring (bicyclic) bond motifs is 1. The topological polar surface area (TPSA) is 49.5 Å². The lowest BCUT2D eigenvalue weighted by molar-refractivity contribution is 0.0464. The van der Waals surface area contributed by atoms with Gasteiger partial charge in [-0.1, -0.05) is 0 Å². The number of furan rings is 1. The van der Waals surface area contributed by atoms with E-state index in [9.17, 15) is 5.11 Å². The molecule has 3 rings (SSSR count). The molecule has 0 unspecified atom stereocenters. The Morgan fingerprint density at radius 1 is 1.47 bits per heavy atom. The molecule has 0 saturated heterocycles. The number of hydrogen-bond donors (Lipinski definition) is 1. The lowest BCUT2D eigenvalue weighted by Gasteiger charge is -2.34. The Hall–Kier alpha value is -1.55. The van der Waals surface area contributed by atoms with Gasteiger partial charge in [-0.3, -0.25) is 0 Å². The number of hydrogen-bond acceptors (Lipinski definition) is 4. The van der Waals surface area contributed by atoms with Gasteiger partial charge in [-0.25, -0.2) is 4.98 Å². The molecule has 0 spiro atoms. The van der Waals surface area contributed by atoms with Crippen molar-refractivity contribution in [3.8, 4) is 0 Å². The van der Waals surface area contributed by atoms with Crippen molar-refractivity contribution in [3.05, 3.63) is 24.6 Å². The molecule has 0 atom stereocenters. The van der Waals surface area contributed by atoms with Gasteiger partial charge < -0.3 is 14.4 Å². The molecule has 1 aliphatic rings. The van der Waals surface area contributed by atoms with Gasteiger partial charge >= 0.3 is 0 Å². The van der Waals surface area contributed by atoms with E-state index >= 15 is 0 Å². The highest BCUT2D eigenvalue weighted by Crippen LogP contribution is 2.30. The SMILES string of the molecule is CN(CC1CC(O)C1)c1nccc2occc12. The second-order valence-electron chi connectivity index (χ2n) is 4.84. The summed E-state index contributed by atoms with van der Waals surface area (Å²) in [5.74, 6) is 1.54. The smallest absolute Gasteiger partial charge is 0.139 e. The highest BCUT2D eigenvalue weighted by Gasteiger charge is 2.28. The molecule has 2 aromatic rings. The van der Waals surface area contributed by atoms with Gasteiger partial charge in [-0.05, 0) is 30.9 Å². The fourth-order valence-electron chi connectivity index (χ4n) is 2.51. The summed E-state index contributed by atoms with van der Waals surface area (Å²) in [6.07, 6.45) is 5.19. The maximum Gasteiger partial charge on any atom is 0.139 e. The number of nitrogens with zero attached hydrogens (tertiary/aromatic N) is 2. The van der Waals surface area contributed by atoms with E-state index in [0.717, 1.165) is 36.2 Å². The van der Waals surface area contributed by atoms with Crippen molar-refractivity contribution in [2.24, 2.45) is 5.92 Å². The molecule has 1 fully saturated rings. The molecule has 17 heavy (non-hydrogen) atoms. The van der Waals surface area contributed by atoms with Crippen LogP contribution in [0.1, 0.15) is 12.8 Å². The molecule has 4 heteroatoms. The fourth-order valence-corrected chi connectivity index (χ4v) is 2.51. The normalized spacial score (nSPS) is 23.6. The third-order valence-corrected chi connectivity index (χ3v) is 3.46. The van der Waals surface area contributed by atoms with Gasteiger partial charge in [0, 0.05) is 19.8 Å². The Balaban J connectivity index is 1.80. The molecule has 0 radical (unpaired) electrons. The van der Waals surface area contributed by atoms with Crippen LogP contribution in [0.3, 0.4) is 0 Å². The van der Waals surface area contributed by atoms with Crippen LogP contribution < -0.4 is 4.90 Å². The minimum absolute atomic E-state index is 0.0916. The summed E-state index contributed by atoms with van der Waals surface area (Å²) < 4.78 is 5.36.